The van der Waals surface area contributed by atoms with E-state index in [1.165, 1.54) is 18.2 Å². The van der Waals surface area contributed by atoms with Gasteiger partial charge in [0.2, 0.25) is 0 Å². The summed E-state index contributed by atoms with van der Waals surface area (Å²) in [6, 6.07) is 4.13. The lowest BCUT2D eigenvalue weighted by Crippen LogP contribution is -2.13. The molecule has 1 heterocycles. The fraction of sp³-hybridized carbons (Fsp3) is 0.308. The zero-order valence-corrected chi connectivity index (χ0v) is 12.8. The number of halogens is 3. The summed E-state index contributed by atoms with van der Waals surface area (Å²) in [6.45, 7) is 1.70. The molecule has 0 fully saturated rings. The lowest BCUT2D eigenvalue weighted by Gasteiger charge is -2.08. The minimum atomic E-state index is -4.45. The predicted molar refractivity (Wildman–Crippen MR) is 76.5 cm³/mol. The highest BCUT2D eigenvalue weighted by Gasteiger charge is 2.30. The molecule has 0 N–H and O–H groups in total. The summed E-state index contributed by atoms with van der Waals surface area (Å²) < 4.78 is 62.6. The number of hydrogen-bond donors (Lipinski definition) is 0. The number of sulfone groups is 1. The van der Waals surface area contributed by atoms with Crippen LogP contribution in [0, 0.1) is 0 Å². The van der Waals surface area contributed by atoms with Gasteiger partial charge in [0, 0.05) is 0 Å². The highest BCUT2D eigenvalue weighted by atomic mass is 32.2. The normalized spacial score (nSPS) is 12.9. The first kappa shape index (κ1) is 17.1. The average Bonchev–Trinajstić information content (AvgIpc) is 2.92. The summed E-state index contributed by atoms with van der Waals surface area (Å²) in [5, 5.41) is 10.7. The second-order valence-electron chi connectivity index (χ2n) is 4.68. The molecule has 0 amide bonds. The van der Waals surface area contributed by atoms with Gasteiger partial charge >= 0.3 is 6.18 Å². The summed E-state index contributed by atoms with van der Waals surface area (Å²) in [5.74, 6) is -0.538. The minimum absolute atomic E-state index is 0.0364. The van der Waals surface area contributed by atoms with E-state index in [1.807, 2.05) is 0 Å². The number of nitrogens with zero attached hydrogens (tertiary/aromatic N) is 4. The predicted octanol–water partition coefficient (Wildman–Crippen LogP) is 2.17. The molecule has 0 bridgehead atoms. The van der Waals surface area contributed by atoms with Crippen LogP contribution in [0.2, 0.25) is 0 Å². The van der Waals surface area contributed by atoms with E-state index >= 15 is 0 Å². The molecule has 0 saturated heterocycles. The van der Waals surface area contributed by atoms with Gasteiger partial charge in [0.15, 0.2) is 15.7 Å². The summed E-state index contributed by atoms with van der Waals surface area (Å²) in [5.41, 5.74) is -0.559. The van der Waals surface area contributed by atoms with Gasteiger partial charge in [-0.05, 0) is 41.6 Å². The Morgan fingerprint density at radius 2 is 1.87 bits per heavy atom. The molecule has 6 nitrogen and oxygen atoms in total. The fourth-order valence-electron chi connectivity index (χ4n) is 1.79. The monoisotopic (exact) mass is 346 g/mol. The van der Waals surface area contributed by atoms with Gasteiger partial charge in [0.25, 0.3) is 0 Å². The number of hydrogen-bond acceptors (Lipinski definition) is 5. The van der Waals surface area contributed by atoms with Gasteiger partial charge in [0.1, 0.15) is 5.75 Å². The van der Waals surface area contributed by atoms with Gasteiger partial charge in [-0.3, -0.25) is 0 Å². The Hall–Kier alpha value is -2.23. The first-order valence-electron chi connectivity index (χ1n) is 6.49. The van der Waals surface area contributed by atoms with Crippen LogP contribution in [0.25, 0.3) is 5.69 Å². The Morgan fingerprint density at radius 1 is 1.22 bits per heavy atom. The van der Waals surface area contributed by atoms with E-state index in [1.54, 1.807) is 13.0 Å². The molecule has 23 heavy (non-hydrogen) atoms. The van der Waals surface area contributed by atoms with Crippen molar-refractivity contribution in [2.45, 2.75) is 18.9 Å². The average molecular weight is 346 g/mol. The first-order valence-corrected chi connectivity index (χ1v) is 8.31. The second kappa shape index (κ2) is 6.49. The smallest absolute Gasteiger partial charge is 0.228 e. The highest BCUT2D eigenvalue weighted by molar-refractivity contribution is 7.90. The van der Waals surface area contributed by atoms with Crippen LogP contribution < -0.4 is 0 Å². The van der Waals surface area contributed by atoms with Crippen molar-refractivity contribution in [3.63, 3.8) is 0 Å². The molecule has 2 aromatic rings. The third-order valence-corrected chi connectivity index (χ3v) is 4.31. The van der Waals surface area contributed by atoms with Crippen LogP contribution in [0.15, 0.2) is 36.4 Å². The van der Waals surface area contributed by atoms with Gasteiger partial charge in [0.05, 0.1) is 17.0 Å². The quantitative estimate of drug-likeness (QED) is 0.776. The lowest BCUT2D eigenvalue weighted by atomic mass is 10.2. The van der Waals surface area contributed by atoms with Crippen molar-refractivity contribution in [3.8, 4) is 5.69 Å². The molecule has 0 aliphatic rings. The van der Waals surface area contributed by atoms with Crippen molar-refractivity contribution in [1.29, 1.82) is 0 Å². The molecule has 10 heteroatoms. The summed E-state index contributed by atoms with van der Waals surface area (Å²) in [7, 11) is -3.46. The van der Waals surface area contributed by atoms with E-state index in [9.17, 15) is 21.6 Å². The number of allylic oxidation sites excluding steroid dienone is 1. The Balaban J connectivity index is 2.28. The van der Waals surface area contributed by atoms with Crippen molar-refractivity contribution in [1.82, 2.24) is 20.2 Å². The van der Waals surface area contributed by atoms with E-state index in [0.29, 0.717) is 0 Å². The SMILES string of the molecule is C/C=C\CS(=O)(=O)Cc1nnnn1-c1ccc(C(F)(F)F)cc1. The Labute approximate surface area is 130 Å². The van der Waals surface area contributed by atoms with Crippen molar-refractivity contribution in [2.75, 3.05) is 5.75 Å². The van der Waals surface area contributed by atoms with Gasteiger partial charge in [-0.2, -0.15) is 17.9 Å². The van der Waals surface area contributed by atoms with Crippen LogP contribution in [0.4, 0.5) is 13.2 Å². The largest absolute Gasteiger partial charge is 0.416 e. The molecule has 0 aliphatic heterocycles. The number of tetrazole rings is 1. The van der Waals surface area contributed by atoms with Crippen molar-refractivity contribution in [3.05, 3.63) is 47.8 Å². The van der Waals surface area contributed by atoms with Gasteiger partial charge in [-0.1, -0.05) is 12.2 Å². The summed E-state index contributed by atoms with van der Waals surface area (Å²) >= 11 is 0. The summed E-state index contributed by atoms with van der Waals surface area (Å²) in [6.07, 6.45) is -1.35. The van der Waals surface area contributed by atoms with Crippen LogP contribution in [-0.2, 0) is 21.8 Å². The lowest BCUT2D eigenvalue weighted by molar-refractivity contribution is -0.137. The molecule has 0 radical (unpaired) electrons. The van der Waals surface area contributed by atoms with Crippen molar-refractivity contribution < 1.29 is 21.6 Å². The third-order valence-electron chi connectivity index (χ3n) is 2.91. The van der Waals surface area contributed by atoms with Crippen molar-refractivity contribution in [2.24, 2.45) is 0 Å². The van der Waals surface area contributed by atoms with E-state index in [2.05, 4.69) is 15.5 Å². The number of rotatable bonds is 5. The molecule has 1 aromatic carbocycles. The summed E-state index contributed by atoms with van der Waals surface area (Å²) in [4.78, 5) is 0. The van der Waals surface area contributed by atoms with E-state index in [-0.39, 0.29) is 17.3 Å². The van der Waals surface area contributed by atoms with E-state index in [0.717, 1.165) is 16.8 Å². The molecule has 0 aliphatic carbocycles. The molecule has 0 spiro atoms. The van der Waals surface area contributed by atoms with Crippen LogP contribution in [0.5, 0.6) is 0 Å². The Bertz CT molecular complexity index is 795. The standard InChI is InChI=1S/C13H13F3N4O2S/c1-2-3-8-23(21,22)9-12-17-18-19-20(12)11-6-4-10(5-7-11)13(14,15)16/h2-7H,8-9H2,1H3/b3-2-. The zero-order chi connectivity index (χ0) is 17.1. The maximum atomic E-state index is 12.5. The second-order valence-corrected chi connectivity index (χ2v) is 6.78. The maximum Gasteiger partial charge on any atom is 0.416 e. The minimum Gasteiger partial charge on any atom is -0.228 e. The molecule has 2 rings (SSSR count). The van der Waals surface area contributed by atoms with Gasteiger partial charge in [-0.15, -0.1) is 5.10 Å². The Morgan fingerprint density at radius 3 is 2.43 bits per heavy atom. The van der Waals surface area contributed by atoms with Crippen LogP contribution in [0.3, 0.4) is 0 Å². The van der Waals surface area contributed by atoms with E-state index < -0.39 is 27.3 Å². The molecule has 0 unspecified atom stereocenters. The van der Waals surface area contributed by atoms with Gasteiger partial charge in [-0.25, -0.2) is 8.42 Å². The molecular formula is C13H13F3N4O2S. The fourth-order valence-corrected chi connectivity index (χ4v) is 2.96. The molecule has 1 aromatic heterocycles. The zero-order valence-electron chi connectivity index (χ0n) is 12.0. The molecular weight excluding hydrogens is 333 g/mol. The van der Waals surface area contributed by atoms with Crippen molar-refractivity contribution >= 4 is 9.84 Å². The van der Waals surface area contributed by atoms with E-state index in [4.69, 9.17) is 0 Å². The number of aromatic nitrogens is 4. The maximum absolute atomic E-state index is 12.5. The number of benzene rings is 1. The first-order chi connectivity index (χ1) is 10.7. The third kappa shape index (κ3) is 4.38. The number of alkyl halides is 3. The highest BCUT2D eigenvalue weighted by Crippen LogP contribution is 2.29. The van der Waals surface area contributed by atoms with Gasteiger partial charge < -0.3 is 0 Å². The molecule has 124 valence electrons. The van der Waals surface area contributed by atoms with Crippen LogP contribution >= 0.6 is 0 Å². The molecule has 0 atom stereocenters. The molecule has 0 saturated carbocycles. The van der Waals surface area contributed by atoms with Crippen LogP contribution in [-0.4, -0.2) is 34.4 Å². The Kier molecular flexibility index (Phi) is 4.83. The van der Waals surface area contributed by atoms with Crippen LogP contribution in [0.1, 0.15) is 18.3 Å². The topological polar surface area (TPSA) is 77.7 Å².